The molecule has 2 nitrogen and oxygen atoms in total. The predicted molar refractivity (Wildman–Crippen MR) is 40.9 cm³/mol. The molecule has 2 heteroatoms. The van der Waals surface area contributed by atoms with Crippen LogP contribution < -0.4 is 0 Å². The summed E-state index contributed by atoms with van der Waals surface area (Å²) >= 11 is 0. The van der Waals surface area contributed by atoms with Crippen molar-refractivity contribution >= 4 is 0 Å². The van der Waals surface area contributed by atoms with Crippen molar-refractivity contribution in [3.8, 4) is 0 Å². The Kier molecular flexibility index (Phi) is 2.41. The van der Waals surface area contributed by atoms with E-state index in [-0.39, 0.29) is 0 Å². The first kappa shape index (κ1) is 7.70. The van der Waals surface area contributed by atoms with E-state index in [4.69, 9.17) is 0 Å². The van der Waals surface area contributed by atoms with Gasteiger partial charge in [-0.2, -0.15) is 0 Å². The van der Waals surface area contributed by atoms with Crippen LogP contribution in [-0.4, -0.2) is 17.8 Å². The van der Waals surface area contributed by atoms with Crippen LogP contribution in [0, 0.1) is 16.7 Å². The normalized spacial score (nSPS) is 22.1. The Morgan fingerprint density at radius 1 is 1.30 bits per heavy atom. The molecule has 0 radical (unpaired) electrons. The molecule has 0 bridgehead atoms. The summed E-state index contributed by atoms with van der Waals surface area (Å²) in [4.78, 5) is 10.7. The number of piperidine rings is 1. The van der Waals surface area contributed by atoms with Crippen molar-refractivity contribution < 1.29 is 4.76 Å². The van der Waals surface area contributed by atoms with Crippen LogP contribution in [0.15, 0.2) is 0 Å². The molecule has 58 valence electrons. The second-order valence-electron chi connectivity index (χ2n) is 3.51. The molecular weight excluding hydrogens is 126 g/mol. The second-order valence-corrected chi connectivity index (χ2v) is 3.51. The van der Waals surface area contributed by atoms with Crippen molar-refractivity contribution in [2.45, 2.75) is 26.7 Å². The van der Waals surface area contributed by atoms with Gasteiger partial charge in [0.25, 0.3) is 0 Å². The van der Waals surface area contributed by atoms with Gasteiger partial charge < -0.3 is 0 Å². The molecule has 0 aromatic carbocycles. The van der Waals surface area contributed by atoms with E-state index in [1.165, 1.54) is 4.76 Å². The van der Waals surface area contributed by atoms with Crippen LogP contribution >= 0.6 is 0 Å². The third kappa shape index (κ3) is 1.79. The fourth-order valence-corrected chi connectivity index (χ4v) is 1.54. The zero-order valence-electron chi connectivity index (χ0n) is 6.84. The van der Waals surface area contributed by atoms with Gasteiger partial charge in [0.2, 0.25) is 0 Å². The second kappa shape index (κ2) is 3.13. The van der Waals surface area contributed by atoms with Crippen molar-refractivity contribution in [3.05, 3.63) is 4.91 Å². The van der Waals surface area contributed by atoms with Gasteiger partial charge >= 0.3 is 0 Å². The van der Waals surface area contributed by atoms with E-state index in [2.05, 4.69) is 13.8 Å². The summed E-state index contributed by atoms with van der Waals surface area (Å²) < 4.78 is 1.18. The smallest absolute Gasteiger partial charge is 0.0625 e. The van der Waals surface area contributed by atoms with Gasteiger partial charge in [-0.25, -0.2) is 0 Å². The van der Waals surface area contributed by atoms with Crippen LogP contribution in [0.25, 0.3) is 0 Å². The number of hydrogen-bond donors (Lipinski definition) is 0. The average molecular weight is 142 g/mol. The van der Waals surface area contributed by atoms with Crippen molar-refractivity contribution in [3.63, 3.8) is 0 Å². The first-order valence-electron chi connectivity index (χ1n) is 4.12. The van der Waals surface area contributed by atoms with Crippen LogP contribution in [0.1, 0.15) is 26.7 Å². The molecule has 0 unspecified atom stereocenters. The molecule has 0 N–H and O–H groups in total. The highest BCUT2D eigenvalue weighted by atomic mass is 16.3. The molecule has 1 heterocycles. The maximum absolute atomic E-state index is 10.7. The summed E-state index contributed by atoms with van der Waals surface area (Å²) in [7, 11) is 0. The van der Waals surface area contributed by atoms with Crippen LogP contribution in [0.4, 0.5) is 0 Å². The lowest BCUT2D eigenvalue weighted by Gasteiger charge is -2.20. The highest BCUT2D eigenvalue weighted by Crippen LogP contribution is 2.22. The third-order valence-electron chi connectivity index (χ3n) is 2.44. The van der Waals surface area contributed by atoms with Gasteiger partial charge in [0.15, 0.2) is 13.1 Å². The molecule has 0 atom stereocenters. The first-order valence-corrected chi connectivity index (χ1v) is 4.12. The van der Waals surface area contributed by atoms with Gasteiger partial charge in [-0.05, 0) is 16.6 Å². The van der Waals surface area contributed by atoms with Gasteiger partial charge in [-0.3, -0.25) is 0 Å². The molecule has 1 aliphatic rings. The average Bonchev–Trinajstić information content (AvgIpc) is 1.88. The number of hydrogen-bond acceptors (Lipinski definition) is 1. The number of rotatable bonds is 1. The Bertz CT molecular complexity index is 121. The van der Waals surface area contributed by atoms with E-state index in [1.54, 1.807) is 0 Å². The molecule has 0 amide bonds. The highest BCUT2D eigenvalue weighted by molar-refractivity contribution is 4.64. The Morgan fingerprint density at radius 3 is 2.20 bits per heavy atom. The minimum absolute atomic E-state index is 0.753. The van der Waals surface area contributed by atoms with Crippen LogP contribution in [0.2, 0.25) is 0 Å². The SMILES string of the molecule is CC(C)C1CC[N+](=O)CC1. The van der Waals surface area contributed by atoms with Crippen molar-refractivity contribution in [1.82, 2.24) is 0 Å². The van der Waals surface area contributed by atoms with Crippen LogP contribution in [-0.2, 0) is 0 Å². The Hall–Kier alpha value is -0.400. The minimum atomic E-state index is 0.753. The summed E-state index contributed by atoms with van der Waals surface area (Å²) in [5, 5.41) is 0. The maximum Gasteiger partial charge on any atom is 0.192 e. The van der Waals surface area contributed by atoms with Gasteiger partial charge in [0.1, 0.15) is 0 Å². The fourth-order valence-electron chi connectivity index (χ4n) is 1.54. The molecule has 10 heavy (non-hydrogen) atoms. The lowest BCUT2D eigenvalue weighted by atomic mass is 9.87. The number of nitrogens with zero attached hydrogens (tertiary/aromatic N) is 1. The van der Waals surface area contributed by atoms with E-state index >= 15 is 0 Å². The summed E-state index contributed by atoms with van der Waals surface area (Å²) in [5.41, 5.74) is 0. The molecule has 0 aromatic rings. The summed E-state index contributed by atoms with van der Waals surface area (Å²) in [6.07, 6.45) is 2.20. The molecule has 0 spiro atoms. The topological polar surface area (TPSA) is 20.1 Å². The monoisotopic (exact) mass is 142 g/mol. The summed E-state index contributed by atoms with van der Waals surface area (Å²) in [6.45, 7) is 5.99. The van der Waals surface area contributed by atoms with Crippen molar-refractivity contribution in [2.75, 3.05) is 13.1 Å². The van der Waals surface area contributed by atoms with Crippen molar-refractivity contribution in [1.29, 1.82) is 0 Å². The lowest BCUT2D eigenvalue weighted by molar-refractivity contribution is -0.561. The van der Waals surface area contributed by atoms with Gasteiger partial charge in [0, 0.05) is 17.7 Å². The van der Waals surface area contributed by atoms with E-state index in [0.717, 1.165) is 37.8 Å². The predicted octanol–water partition coefficient (Wildman–Crippen LogP) is 1.83. The quantitative estimate of drug-likeness (QED) is 0.511. The standard InChI is InChI=1S/C8H16NO/c1-7(2)8-3-5-9(10)6-4-8/h7-8H,3-6H2,1-2H3/q+1. The minimum Gasteiger partial charge on any atom is -0.0625 e. The maximum atomic E-state index is 10.7. The fraction of sp³-hybridized carbons (Fsp3) is 1.00. The van der Waals surface area contributed by atoms with E-state index in [0.29, 0.717) is 0 Å². The Morgan fingerprint density at radius 2 is 1.80 bits per heavy atom. The van der Waals surface area contributed by atoms with Gasteiger partial charge in [0.05, 0.1) is 0 Å². The highest BCUT2D eigenvalue weighted by Gasteiger charge is 2.25. The molecule has 1 rings (SSSR count). The van der Waals surface area contributed by atoms with Gasteiger partial charge in [-0.15, -0.1) is 0 Å². The van der Waals surface area contributed by atoms with Crippen molar-refractivity contribution in [2.24, 2.45) is 11.8 Å². The van der Waals surface area contributed by atoms with Crippen LogP contribution in [0.5, 0.6) is 0 Å². The molecule has 0 saturated carbocycles. The molecule has 0 aromatic heterocycles. The molecule has 1 aliphatic heterocycles. The van der Waals surface area contributed by atoms with E-state index < -0.39 is 0 Å². The number of nitroso groups, excluding NO2 is 1. The summed E-state index contributed by atoms with van der Waals surface area (Å²) in [6, 6.07) is 0. The summed E-state index contributed by atoms with van der Waals surface area (Å²) in [5.74, 6) is 1.55. The largest absolute Gasteiger partial charge is 0.192 e. The zero-order valence-corrected chi connectivity index (χ0v) is 6.84. The molecule has 0 aliphatic carbocycles. The third-order valence-corrected chi connectivity index (χ3v) is 2.44. The molecule has 1 fully saturated rings. The first-order chi connectivity index (χ1) is 4.70. The van der Waals surface area contributed by atoms with E-state index in [9.17, 15) is 4.91 Å². The Balaban J connectivity index is 2.33. The zero-order chi connectivity index (χ0) is 7.56. The Labute approximate surface area is 62.2 Å². The van der Waals surface area contributed by atoms with Gasteiger partial charge in [-0.1, -0.05) is 13.8 Å². The lowest BCUT2D eigenvalue weighted by Crippen LogP contribution is -2.26. The van der Waals surface area contributed by atoms with Crippen LogP contribution in [0.3, 0.4) is 0 Å². The van der Waals surface area contributed by atoms with E-state index in [1.807, 2.05) is 0 Å². The molecule has 1 saturated heterocycles. The molecular formula is C8H16NO+.